The van der Waals surface area contributed by atoms with E-state index in [0.29, 0.717) is 11.1 Å². The molecule has 0 aliphatic heterocycles. The van der Waals surface area contributed by atoms with Gasteiger partial charge in [0.05, 0.1) is 38.9 Å². The van der Waals surface area contributed by atoms with Gasteiger partial charge in [-0.2, -0.15) is 0 Å². The summed E-state index contributed by atoms with van der Waals surface area (Å²) < 4.78 is 42.1. The van der Waals surface area contributed by atoms with Crippen molar-refractivity contribution in [1.82, 2.24) is 0 Å². The lowest BCUT2D eigenvalue weighted by Crippen LogP contribution is -2.25. The third-order valence-electron chi connectivity index (χ3n) is 20.5. The third-order valence-corrected chi connectivity index (χ3v) is 20.5. The molecule has 0 aromatic heterocycles. The van der Waals surface area contributed by atoms with Crippen molar-refractivity contribution in [3.05, 3.63) is 418 Å². The fourth-order valence-corrected chi connectivity index (χ4v) is 15.3. The minimum atomic E-state index is -1.56. The predicted octanol–water partition coefficient (Wildman–Crippen LogP) is 22.1. The zero-order valence-electron chi connectivity index (χ0n) is 73.0. The minimum absolute atomic E-state index is 0.00602. The fourth-order valence-electron chi connectivity index (χ4n) is 15.3. The Bertz CT molecular complexity index is 6090. The Morgan fingerprint density at radius 3 is 0.643 bits per heavy atom. The first-order valence-electron chi connectivity index (χ1n) is 40.8. The summed E-state index contributed by atoms with van der Waals surface area (Å²) in [6.07, 6.45) is -1.64. The summed E-state index contributed by atoms with van der Waals surface area (Å²) in [4.78, 5) is 104. The molecule has 7 N–H and O–H groups in total. The Morgan fingerprint density at radius 2 is 0.419 bits per heavy atom. The summed E-state index contributed by atoms with van der Waals surface area (Å²) in [7, 11) is 0. The highest BCUT2D eigenvalue weighted by Crippen LogP contribution is 2.42. The van der Waals surface area contributed by atoms with E-state index in [9.17, 15) is 54.1 Å². The number of benzene rings is 14. The van der Waals surface area contributed by atoms with Gasteiger partial charge in [0.15, 0.2) is 0 Å². The maximum absolute atomic E-state index is 14.9. The van der Waals surface area contributed by atoms with Crippen LogP contribution in [0.1, 0.15) is 191 Å². The van der Waals surface area contributed by atoms with Crippen molar-refractivity contribution >= 4 is 41.8 Å². The molecule has 0 radical (unpaired) electrons. The van der Waals surface area contributed by atoms with Gasteiger partial charge in [-0.15, -0.1) is 0 Å². The van der Waals surface area contributed by atoms with Crippen molar-refractivity contribution in [2.24, 2.45) is 0 Å². The maximum atomic E-state index is 14.9. The molecule has 0 fully saturated rings. The van der Waals surface area contributed by atoms with Crippen LogP contribution < -0.4 is 33.2 Å². The second-order valence-electron chi connectivity index (χ2n) is 32.3. The van der Waals surface area contributed by atoms with E-state index in [2.05, 4.69) is 6.92 Å². The summed E-state index contributed by atoms with van der Waals surface area (Å²) in [5, 5.41) is 65.9. The quantitative estimate of drug-likeness (QED) is 0.0109. The Kier molecular flexibility index (Phi) is 28.9. The molecule has 14 aromatic rings. The van der Waals surface area contributed by atoms with Crippen molar-refractivity contribution in [3.63, 3.8) is 0 Å². The summed E-state index contributed by atoms with van der Waals surface area (Å²) in [5.74, 6) is -5.98. The van der Waals surface area contributed by atoms with Gasteiger partial charge >= 0.3 is 41.8 Å². The number of ether oxygens (including phenoxy) is 7. The molecule has 1 atom stereocenters. The second kappa shape index (κ2) is 40.4. The molecule has 22 heteroatoms. The van der Waals surface area contributed by atoms with Crippen LogP contribution >= 0.6 is 0 Å². The number of esters is 7. The number of aryl methyl sites for hydroxylation is 12. The van der Waals surface area contributed by atoms with Crippen LogP contribution in [0, 0.1) is 83.1 Å². The lowest BCUT2D eigenvalue weighted by molar-refractivity contribution is -0.270. The normalized spacial score (nSPS) is 11.1. The average molecular weight is 1730 g/mol. The highest BCUT2D eigenvalue weighted by atomic mass is 17.1. The molecule has 0 heterocycles. The van der Waals surface area contributed by atoms with Crippen molar-refractivity contribution < 1.29 is 108 Å². The molecule has 0 saturated carbocycles. The van der Waals surface area contributed by atoms with E-state index < -0.39 is 53.3 Å². The van der Waals surface area contributed by atoms with E-state index in [-0.39, 0.29) is 131 Å². The van der Waals surface area contributed by atoms with Gasteiger partial charge in [-0.25, -0.2) is 38.4 Å². The molecule has 0 saturated heterocycles. The van der Waals surface area contributed by atoms with E-state index in [1.165, 1.54) is 54.6 Å². The van der Waals surface area contributed by atoms with Gasteiger partial charge in [-0.05, 0) is 293 Å². The zero-order valence-corrected chi connectivity index (χ0v) is 73.0. The molecule has 14 rings (SSSR count). The first kappa shape index (κ1) is 92.3. The van der Waals surface area contributed by atoms with Crippen LogP contribution in [0.3, 0.4) is 0 Å². The van der Waals surface area contributed by atoms with Crippen LogP contribution in [-0.2, 0) is 16.7 Å². The van der Waals surface area contributed by atoms with Gasteiger partial charge < -0.3 is 63.8 Å². The first-order chi connectivity index (χ1) is 61.3. The molecule has 129 heavy (non-hydrogen) atoms. The van der Waals surface area contributed by atoms with Crippen molar-refractivity contribution in [1.29, 1.82) is 0 Å². The Balaban J connectivity index is 0.000000390. The van der Waals surface area contributed by atoms with Crippen LogP contribution in [-0.4, -0.2) is 77.7 Å². The first-order valence-corrected chi connectivity index (χ1v) is 40.8. The Hall–Kier alpha value is -15.9. The Labute approximate surface area is 745 Å². The van der Waals surface area contributed by atoms with Crippen LogP contribution in [0.15, 0.2) is 273 Å². The van der Waals surface area contributed by atoms with E-state index in [1.807, 2.05) is 156 Å². The van der Waals surface area contributed by atoms with Crippen molar-refractivity contribution in [2.75, 3.05) is 0 Å². The Morgan fingerprint density at radius 1 is 0.233 bits per heavy atom. The number of carbonyl (C=O) groups is 7. The largest absolute Gasteiger partial charge is 0.508 e. The van der Waals surface area contributed by atoms with E-state index in [1.54, 1.807) is 127 Å². The lowest BCUT2D eigenvalue weighted by atomic mass is 9.71. The standard InChI is InChI=1S/C81H70O16.C20H18O3.C6H6O3/c1-44-13-45(2)20-60(19-44)75(82)91-68-34-57(35-69(41-68)92-76(83)61-21-46(3)14-47(4)22-61)31-56-32-58(74(97-89)59-37-70(93-77(84)62-23-48(5)15-49(6)24-62)42-71(38-59)94-78(85)63-25-50(7)16-51(8)26-63)36-67(33-56)90-81(88)66-39-72(95-79(86)64-27-52(9)17-53(10)28-64)43-73(40-66)96-80(87)65-29-54(11)18-55(12)30-65;1-20(14-2-8-17(21)9-3-14,15-4-10-18(22)11-5-15)16-6-12-19(23)13-7-16;7-4-1-5(8)3-6(9)2-4/h13-30,32-43,74,89H,31H2,1-12H3;2-13,21-23H,1H3;1-3,7-9H. The van der Waals surface area contributed by atoms with Crippen molar-refractivity contribution in [3.8, 4) is 74.7 Å². The van der Waals surface area contributed by atoms with Crippen LogP contribution in [0.4, 0.5) is 0 Å². The SMILES string of the molecule is CC(c1ccc(O)cc1)(c1ccc(O)cc1)c1ccc(O)cc1.Cc1cc(C)cc(C(=O)Oc2cc(Cc3cc(OC(=O)c4cc(OC(=O)c5cc(C)cc(C)c5)cc(OC(=O)c5cc(C)cc(C)c5)c4)cc(C(OO)c4cc(OC(=O)c5cc(C)cc(C)c5)cc(OC(=O)c5cc(C)cc(C)c5)c4)c3)cc(OC(=O)c3cc(C)cc(C)c3)c2)c1.Oc1cc(O)cc(O)c1. The van der Waals surface area contributed by atoms with Crippen LogP contribution in [0.5, 0.6) is 74.7 Å². The molecule has 1 unspecified atom stereocenters. The van der Waals surface area contributed by atoms with Gasteiger partial charge in [0.2, 0.25) is 0 Å². The summed E-state index contributed by atoms with van der Waals surface area (Å²) in [5.41, 5.74) is 14.4. The minimum Gasteiger partial charge on any atom is -0.508 e. The molecule has 0 aliphatic rings. The number of phenolic OH excluding ortho intramolecular Hbond substituents is 6. The van der Waals surface area contributed by atoms with Gasteiger partial charge in [-0.1, -0.05) is 146 Å². The monoisotopic (exact) mass is 1730 g/mol. The maximum Gasteiger partial charge on any atom is 0.343 e. The summed E-state index contributed by atoms with van der Waals surface area (Å²) >= 11 is 0. The smallest absolute Gasteiger partial charge is 0.343 e. The van der Waals surface area contributed by atoms with Crippen LogP contribution in [0.25, 0.3) is 0 Å². The molecule has 14 aromatic carbocycles. The van der Waals surface area contributed by atoms with Gasteiger partial charge in [0.1, 0.15) is 80.8 Å². The molecule has 0 amide bonds. The molecular weight excluding hydrogens is 1640 g/mol. The van der Waals surface area contributed by atoms with Crippen molar-refractivity contribution in [2.45, 2.75) is 108 Å². The average Bonchev–Trinajstić information content (AvgIpc) is 0.762. The predicted molar refractivity (Wildman–Crippen MR) is 486 cm³/mol. The zero-order chi connectivity index (χ0) is 92.8. The highest BCUT2D eigenvalue weighted by Gasteiger charge is 2.32. The number of aromatic hydroxyl groups is 6. The molecule has 22 nitrogen and oxygen atoms in total. The second-order valence-corrected chi connectivity index (χ2v) is 32.3. The number of carbonyl (C=O) groups excluding carboxylic acids is 7. The topological polar surface area (TPSA) is 335 Å². The fraction of sp³-hybridized carbons (Fsp3) is 0.150. The molecule has 0 bridgehead atoms. The highest BCUT2D eigenvalue weighted by molar-refractivity contribution is 5.97. The van der Waals surface area contributed by atoms with Gasteiger partial charge in [0.25, 0.3) is 0 Å². The third kappa shape index (κ3) is 24.8. The van der Waals surface area contributed by atoms with E-state index in [0.717, 1.165) is 102 Å². The van der Waals surface area contributed by atoms with Crippen LogP contribution in [0.2, 0.25) is 0 Å². The molecular formula is C107H94O22. The van der Waals surface area contributed by atoms with Gasteiger partial charge in [0, 0.05) is 41.8 Å². The number of rotatable bonds is 22. The van der Waals surface area contributed by atoms with Gasteiger partial charge in [-0.3, -0.25) is 5.26 Å². The number of phenols is 6. The molecule has 0 spiro atoms. The lowest BCUT2D eigenvalue weighted by Gasteiger charge is -2.32. The van der Waals surface area contributed by atoms with E-state index in [4.69, 9.17) is 53.4 Å². The molecule has 654 valence electrons. The number of hydrogen-bond donors (Lipinski definition) is 7. The number of hydrogen-bond acceptors (Lipinski definition) is 22. The van der Waals surface area contributed by atoms with E-state index >= 15 is 0 Å². The summed E-state index contributed by atoms with van der Waals surface area (Å²) in [6.45, 7) is 24.1. The molecule has 0 aliphatic carbocycles. The summed E-state index contributed by atoms with van der Waals surface area (Å²) in [6, 6.07) is 73.1.